The number of nitrogens with one attached hydrogen (secondary N) is 1. The summed E-state index contributed by atoms with van der Waals surface area (Å²) in [6.45, 7) is 2.00. The zero-order chi connectivity index (χ0) is 14.0. The van der Waals surface area contributed by atoms with Crippen LogP contribution in [0.5, 0.6) is 0 Å². The highest BCUT2D eigenvalue weighted by molar-refractivity contribution is 5.95. The largest absolute Gasteiger partial charge is 0.478 e. The first-order valence-corrected chi connectivity index (χ1v) is 6.32. The maximum atomic E-state index is 13.6. The van der Waals surface area contributed by atoms with E-state index < -0.39 is 11.8 Å². The summed E-state index contributed by atoms with van der Waals surface area (Å²) in [5.74, 6) is -1.83. The van der Waals surface area contributed by atoms with Crippen LogP contribution in [-0.2, 0) is 4.79 Å². The first kappa shape index (κ1) is 13.5. The quantitative estimate of drug-likeness (QED) is 0.883. The lowest BCUT2D eigenvalue weighted by Crippen LogP contribution is -2.25. The lowest BCUT2D eigenvalue weighted by atomic mass is 9.97. The molecule has 0 aromatic heterocycles. The summed E-state index contributed by atoms with van der Waals surface area (Å²) in [5.41, 5.74) is -0.111. The van der Waals surface area contributed by atoms with Crippen LogP contribution >= 0.6 is 0 Å². The fourth-order valence-electron chi connectivity index (χ4n) is 2.51. The van der Waals surface area contributed by atoms with Gasteiger partial charge in [-0.1, -0.05) is 13.3 Å². The molecule has 0 bridgehead atoms. The van der Waals surface area contributed by atoms with E-state index in [0.717, 1.165) is 31.4 Å². The average Bonchev–Trinajstić information content (AvgIpc) is 2.78. The zero-order valence-electron chi connectivity index (χ0n) is 10.6. The van der Waals surface area contributed by atoms with Gasteiger partial charge in [0.1, 0.15) is 5.82 Å². The number of carboxylic acids is 1. The van der Waals surface area contributed by atoms with Crippen LogP contribution in [-0.4, -0.2) is 17.0 Å². The molecule has 5 heteroatoms. The number of halogens is 1. The van der Waals surface area contributed by atoms with Gasteiger partial charge in [-0.3, -0.25) is 4.79 Å². The number of anilines is 1. The number of amides is 1. The summed E-state index contributed by atoms with van der Waals surface area (Å²) in [6.07, 6.45) is 2.79. The Labute approximate surface area is 110 Å². The fourth-order valence-corrected chi connectivity index (χ4v) is 2.51. The van der Waals surface area contributed by atoms with Crippen molar-refractivity contribution >= 4 is 17.6 Å². The number of benzene rings is 1. The minimum Gasteiger partial charge on any atom is -0.478 e. The molecule has 0 radical (unpaired) electrons. The Morgan fingerprint density at radius 1 is 1.37 bits per heavy atom. The minimum atomic E-state index is -1.15. The smallest absolute Gasteiger partial charge is 0.335 e. The molecule has 2 N–H and O–H groups in total. The summed E-state index contributed by atoms with van der Waals surface area (Å²) >= 11 is 0. The van der Waals surface area contributed by atoms with Crippen molar-refractivity contribution in [3.8, 4) is 0 Å². The van der Waals surface area contributed by atoms with Gasteiger partial charge in [0.25, 0.3) is 0 Å². The maximum Gasteiger partial charge on any atom is 0.335 e. The van der Waals surface area contributed by atoms with E-state index in [9.17, 15) is 14.0 Å². The highest BCUT2D eigenvalue weighted by Crippen LogP contribution is 2.32. The molecule has 2 unspecified atom stereocenters. The number of carbonyl (C=O) groups is 2. The first-order chi connectivity index (χ1) is 8.99. The molecule has 0 saturated heterocycles. The van der Waals surface area contributed by atoms with Gasteiger partial charge in [0, 0.05) is 5.92 Å². The van der Waals surface area contributed by atoms with Gasteiger partial charge in [0.15, 0.2) is 0 Å². The molecule has 2 rings (SSSR count). The normalized spacial score (nSPS) is 22.2. The van der Waals surface area contributed by atoms with Crippen molar-refractivity contribution in [1.82, 2.24) is 0 Å². The van der Waals surface area contributed by atoms with E-state index in [-0.39, 0.29) is 29.0 Å². The molecule has 102 valence electrons. The van der Waals surface area contributed by atoms with Crippen molar-refractivity contribution < 1.29 is 19.1 Å². The van der Waals surface area contributed by atoms with Crippen LogP contribution in [0.4, 0.5) is 10.1 Å². The van der Waals surface area contributed by atoms with Crippen molar-refractivity contribution in [2.75, 3.05) is 5.32 Å². The van der Waals surface area contributed by atoms with Gasteiger partial charge in [0.05, 0.1) is 11.3 Å². The number of hydrogen-bond donors (Lipinski definition) is 2. The van der Waals surface area contributed by atoms with E-state index in [0.29, 0.717) is 0 Å². The van der Waals surface area contributed by atoms with Crippen LogP contribution in [0.25, 0.3) is 0 Å². The van der Waals surface area contributed by atoms with Crippen molar-refractivity contribution in [3.05, 3.63) is 29.6 Å². The SMILES string of the molecule is CC1CCCC1C(=O)Nc1cc(C(=O)O)ccc1F. The second kappa shape index (κ2) is 5.38. The summed E-state index contributed by atoms with van der Waals surface area (Å²) in [6, 6.07) is 3.37. The highest BCUT2D eigenvalue weighted by Gasteiger charge is 2.30. The van der Waals surface area contributed by atoms with E-state index in [2.05, 4.69) is 5.32 Å². The minimum absolute atomic E-state index is 0.0452. The molecule has 0 heterocycles. The van der Waals surface area contributed by atoms with Crippen molar-refractivity contribution in [3.63, 3.8) is 0 Å². The third-order valence-corrected chi connectivity index (χ3v) is 3.67. The Hall–Kier alpha value is -1.91. The van der Waals surface area contributed by atoms with E-state index in [1.54, 1.807) is 0 Å². The van der Waals surface area contributed by atoms with E-state index in [4.69, 9.17) is 5.11 Å². The third-order valence-electron chi connectivity index (χ3n) is 3.67. The molecule has 1 aromatic carbocycles. The third kappa shape index (κ3) is 2.92. The summed E-state index contributed by atoms with van der Waals surface area (Å²) in [7, 11) is 0. The zero-order valence-corrected chi connectivity index (χ0v) is 10.6. The summed E-state index contributed by atoms with van der Waals surface area (Å²) in [5, 5.41) is 11.4. The van der Waals surface area contributed by atoms with Crippen LogP contribution in [0.15, 0.2) is 18.2 Å². The van der Waals surface area contributed by atoms with Gasteiger partial charge in [-0.05, 0) is 37.0 Å². The Morgan fingerprint density at radius 3 is 2.68 bits per heavy atom. The topological polar surface area (TPSA) is 66.4 Å². The molecule has 0 spiro atoms. The van der Waals surface area contributed by atoms with Crippen LogP contribution < -0.4 is 5.32 Å². The van der Waals surface area contributed by atoms with E-state index in [1.807, 2.05) is 6.92 Å². The number of carboxylic acid groups (broad SMARTS) is 1. The van der Waals surface area contributed by atoms with Gasteiger partial charge in [-0.15, -0.1) is 0 Å². The average molecular weight is 265 g/mol. The molecular weight excluding hydrogens is 249 g/mol. The molecule has 2 atom stereocenters. The molecular formula is C14H16FNO3. The molecule has 1 aliphatic carbocycles. The Morgan fingerprint density at radius 2 is 2.11 bits per heavy atom. The van der Waals surface area contributed by atoms with Crippen LogP contribution in [0.2, 0.25) is 0 Å². The first-order valence-electron chi connectivity index (χ1n) is 6.32. The number of rotatable bonds is 3. The maximum absolute atomic E-state index is 13.6. The fraction of sp³-hybridized carbons (Fsp3) is 0.429. The molecule has 4 nitrogen and oxygen atoms in total. The van der Waals surface area contributed by atoms with Gasteiger partial charge >= 0.3 is 5.97 Å². The lowest BCUT2D eigenvalue weighted by molar-refractivity contribution is -0.120. The Bertz CT molecular complexity index is 515. The van der Waals surface area contributed by atoms with Crippen molar-refractivity contribution in [2.45, 2.75) is 26.2 Å². The predicted octanol–water partition coefficient (Wildman–Crippen LogP) is 2.90. The van der Waals surface area contributed by atoms with Crippen LogP contribution in [0, 0.1) is 17.7 Å². The standard InChI is InChI=1S/C14H16FNO3/c1-8-3-2-4-10(8)13(17)16-12-7-9(14(18)19)5-6-11(12)15/h5-8,10H,2-4H2,1H3,(H,16,17)(H,18,19). The lowest BCUT2D eigenvalue weighted by Gasteiger charge is -2.15. The molecule has 1 aliphatic rings. The molecule has 0 aliphatic heterocycles. The van der Waals surface area contributed by atoms with Gasteiger partial charge in [-0.25, -0.2) is 9.18 Å². The molecule has 1 aromatic rings. The van der Waals surface area contributed by atoms with Crippen LogP contribution in [0.1, 0.15) is 36.5 Å². The number of aromatic carboxylic acids is 1. The van der Waals surface area contributed by atoms with E-state index in [1.165, 1.54) is 6.07 Å². The molecule has 1 fully saturated rings. The van der Waals surface area contributed by atoms with Gasteiger partial charge in [0.2, 0.25) is 5.91 Å². The Balaban J connectivity index is 2.16. The molecule has 1 amide bonds. The monoisotopic (exact) mass is 265 g/mol. The molecule has 1 saturated carbocycles. The van der Waals surface area contributed by atoms with Gasteiger partial charge in [-0.2, -0.15) is 0 Å². The summed E-state index contributed by atoms with van der Waals surface area (Å²) < 4.78 is 13.6. The predicted molar refractivity (Wildman–Crippen MR) is 68.5 cm³/mol. The van der Waals surface area contributed by atoms with Crippen LogP contribution in [0.3, 0.4) is 0 Å². The molecule has 19 heavy (non-hydrogen) atoms. The van der Waals surface area contributed by atoms with Crippen molar-refractivity contribution in [2.24, 2.45) is 11.8 Å². The second-order valence-electron chi connectivity index (χ2n) is 5.00. The highest BCUT2D eigenvalue weighted by atomic mass is 19.1. The van der Waals surface area contributed by atoms with Gasteiger partial charge < -0.3 is 10.4 Å². The van der Waals surface area contributed by atoms with E-state index >= 15 is 0 Å². The van der Waals surface area contributed by atoms with Crippen molar-refractivity contribution in [1.29, 1.82) is 0 Å². The Kier molecular flexibility index (Phi) is 3.83. The number of carbonyl (C=O) groups excluding carboxylic acids is 1. The number of hydrogen-bond acceptors (Lipinski definition) is 2. The second-order valence-corrected chi connectivity index (χ2v) is 5.00. The summed E-state index contributed by atoms with van der Waals surface area (Å²) in [4.78, 5) is 22.9.